The topological polar surface area (TPSA) is 87.6 Å². The predicted octanol–water partition coefficient (Wildman–Crippen LogP) is 1.80. The molecule has 0 radical (unpaired) electrons. The van der Waals surface area contributed by atoms with E-state index in [0.29, 0.717) is 23.6 Å². The second-order valence-corrected chi connectivity index (χ2v) is 6.79. The predicted molar refractivity (Wildman–Crippen MR) is 83.6 cm³/mol. The third-order valence-electron chi connectivity index (χ3n) is 4.08. The molecule has 1 aromatic rings. The van der Waals surface area contributed by atoms with Crippen molar-refractivity contribution >= 4 is 23.4 Å². The first-order chi connectivity index (χ1) is 10.1. The molecule has 1 amide bonds. The first-order valence-corrected chi connectivity index (χ1v) is 8.31. The van der Waals surface area contributed by atoms with Crippen LogP contribution in [0, 0.1) is 0 Å². The lowest BCUT2D eigenvalue weighted by molar-refractivity contribution is -0.0959. The van der Waals surface area contributed by atoms with Gasteiger partial charge in [0.15, 0.2) is 0 Å². The number of hydrogen-bond acceptors (Lipinski definition) is 5. The summed E-state index contributed by atoms with van der Waals surface area (Å²) < 4.78 is 12.0. The van der Waals surface area contributed by atoms with Gasteiger partial charge in [-0.3, -0.25) is 4.79 Å². The van der Waals surface area contributed by atoms with Crippen LogP contribution < -0.4 is 16.2 Å². The Morgan fingerprint density at radius 2 is 2.33 bits per heavy atom. The Bertz CT molecular complexity index is 544. The second-order valence-electron chi connectivity index (χ2n) is 5.69. The minimum atomic E-state index is -0.518. The van der Waals surface area contributed by atoms with Gasteiger partial charge in [0.1, 0.15) is 11.9 Å². The zero-order valence-electron chi connectivity index (χ0n) is 11.8. The molecule has 2 saturated heterocycles. The maximum atomic E-state index is 11.5. The molecule has 1 aromatic carbocycles. The number of nitrogen functional groups attached to an aromatic ring is 1. The minimum absolute atomic E-state index is 0.0473. The van der Waals surface area contributed by atoms with Crippen LogP contribution in [0.3, 0.4) is 0 Å². The molecule has 2 atom stereocenters. The van der Waals surface area contributed by atoms with Crippen LogP contribution in [0.1, 0.15) is 29.6 Å². The van der Waals surface area contributed by atoms with Crippen LogP contribution >= 0.6 is 11.8 Å². The Hall–Kier alpha value is -1.40. The van der Waals surface area contributed by atoms with E-state index < -0.39 is 5.91 Å². The third-order valence-corrected chi connectivity index (χ3v) is 5.30. The number of anilines is 1. The van der Waals surface area contributed by atoms with E-state index in [-0.39, 0.29) is 11.7 Å². The summed E-state index contributed by atoms with van der Waals surface area (Å²) in [5, 5.41) is 0. The fraction of sp³-hybridized carbons (Fsp3) is 0.533. The quantitative estimate of drug-likeness (QED) is 0.831. The fourth-order valence-corrected chi connectivity index (χ4v) is 4.35. The number of thioether (sulfide) groups is 1. The number of primary amides is 1. The molecule has 1 spiro atoms. The highest BCUT2D eigenvalue weighted by molar-refractivity contribution is 7.99. The summed E-state index contributed by atoms with van der Waals surface area (Å²) in [6, 6.07) is 5.02. The molecule has 2 aliphatic rings. The Balaban J connectivity index is 1.75. The molecule has 0 aliphatic carbocycles. The lowest BCUT2D eigenvalue weighted by Crippen LogP contribution is -2.44. The summed E-state index contributed by atoms with van der Waals surface area (Å²) in [5.74, 6) is 2.16. The molecule has 3 rings (SSSR count). The zero-order valence-corrected chi connectivity index (χ0v) is 12.7. The molecule has 21 heavy (non-hydrogen) atoms. The number of benzene rings is 1. The largest absolute Gasteiger partial charge is 0.489 e. The van der Waals surface area contributed by atoms with Crippen molar-refractivity contribution in [2.45, 2.75) is 31.0 Å². The van der Waals surface area contributed by atoms with Gasteiger partial charge in [-0.15, -0.1) is 0 Å². The van der Waals surface area contributed by atoms with Gasteiger partial charge in [-0.25, -0.2) is 0 Å². The van der Waals surface area contributed by atoms with Crippen LogP contribution in [-0.2, 0) is 4.74 Å². The Kier molecular flexibility index (Phi) is 3.99. The summed E-state index contributed by atoms with van der Waals surface area (Å²) in [5.41, 5.74) is 11.9. The summed E-state index contributed by atoms with van der Waals surface area (Å²) in [6.45, 7) is 0.700. The zero-order chi connectivity index (χ0) is 14.9. The molecule has 2 heterocycles. The van der Waals surface area contributed by atoms with Crippen molar-refractivity contribution in [3.8, 4) is 5.75 Å². The van der Waals surface area contributed by atoms with Gasteiger partial charge in [-0.1, -0.05) is 0 Å². The first kappa shape index (κ1) is 14.5. The number of rotatable bonds is 3. The Morgan fingerprint density at radius 1 is 1.48 bits per heavy atom. The van der Waals surface area contributed by atoms with Crippen LogP contribution in [0.15, 0.2) is 18.2 Å². The maximum Gasteiger partial charge on any atom is 0.252 e. The summed E-state index contributed by atoms with van der Waals surface area (Å²) in [6.07, 6.45) is 2.82. The highest BCUT2D eigenvalue weighted by atomic mass is 32.2. The minimum Gasteiger partial charge on any atom is -0.489 e. The third kappa shape index (κ3) is 3.11. The van der Waals surface area contributed by atoms with Crippen molar-refractivity contribution in [3.05, 3.63) is 23.8 Å². The standard InChI is InChI=1S/C15H20N2O3S/c16-10-1-2-13(12(7-10)14(17)18)20-11-3-5-19-15(8-11)4-6-21-9-15/h1-2,7,11H,3-6,8-9,16H2,(H2,17,18). The van der Waals surface area contributed by atoms with E-state index in [9.17, 15) is 4.79 Å². The van der Waals surface area contributed by atoms with Crippen molar-refractivity contribution in [1.82, 2.24) is 0 Å². The van der Waals surface area contributed by atoms with Gasteiger partial charge < -0.3 is 20.9 Å². The fourth-order valence-electron chi connectivity index (χ4n) is 2.97. The van der Waals surface area contributed by atoms with Crippen LogP contribution in [0.25, 0.3) is 0 Å². The van der Waals surface area contributed by atoms with Gasteiger partial charge in [0.05, 0.1) is 17.8 Å². The molecular weight excluding hydrogens is 288 g/mol. The van der Waals surface area contributed by atoms with Crippen molar-refractivity contribution < 1.29 is 14.3 Å². The molecule has 5 nitrogen and oxygen atoms in total. The van der Waals surface area contributed by atoms with E-state index in [1.165, 1.54) is 0 Å². The van der Waals surface area contributed by atoms with Gasteiger partial charge >= 0.3 is 0 Å². The maximum absolute atomic E-state index is 11.5. The molecule has 0 aromatic heterocycles. The van der Waals surface area contributed by atoms with Gasteiger partial charge in [-0.2, -0.15) is 11.8 Å². The SMILES string of the molecule is NC(=O)c1cc(N)ccc1OC1CCOC2(CCSC2)C1. The van der Waals surface area contributed by atoms with Crippen LogP contribution in [0.2, 0.25) is 0 Å². The van der Waals surface area contributed by atoms with Crippen molar-refractivity contribution in [1.29, 1.82) is 0 Å². The number of amides is 1. The van der Waals surface area contributed by atoms with E-state index in [0.717, 1.165) is 30.8 Å². The van der Waals surface area contributed by atoms with E-state index in [1.807, 2.05) is 11.8 Å². The summed E-state index contributed by atoms with van der Waals surface area (Å²) in [7, 11) is 0. The highest BCUT2D eigenvalue weighted by Gasteiger charge is 2.41. The van der Waals surface area contributed by atoms with Gasteiger partial charge in [0, 0.05) is 24.3 Å². The Morgan fingerprint density at radius 3 is 3.05 bits per heavy atom. The number of nitrogens with two attached hydrogens (primary N) is 2. The lowest BCUT2D eigenvalue weighted by atomic mass is 9.91. The van der Waals surface area contributed by atoms with Crippen molar-refractivity contribution in [3.63, 3.8) is 0 Å². The van der Waals surface area contributed by atoms with E-state index in [1.54, 1.807) is 18.2 Å². The van der Waals surface area contributed by atoms with Gasteiger partial charge in [0.2, 0.25) is 0 Å². The van der Waals surface area contributed by atoms with Crippen molar-refractivity contribution in [2.75, 3.05) is 23.8 Å². The van der Waals surface area contributed by atoms with Crippen LogP contribution in [-0.4, -0.2) is 35.7 Å². The highest BCUT2D eigenvalue weighted by Crippen LogP contribution is 2.39. The molecule has 0 bridgehead atoms. The number of ether oxygens (including phenoxy) is 2. The molecular formula is C15H20N2O3S. The summed E-state index contributed by atoms with van der Waals surface area (Å²) >= 11 is 1.93. The van der Waals surface area contributed by atoms with Crippen molar-refractivity contribution in [2.24, 2.45) is 5.73 Å². The second kappa shape index (κ2) is 5.77. The molecule has 4 N–H and O–H groups in total. The van der Waals surface area contributed by atoms with Crippen LogP contribution in [0.4, 0.5) is 5.69 Å². The Labute approximate surface area is 128 Å². The van der Waals surface area contributed by atoms with E-state index in [2.05, 4.69) is 0 Å². The lowest BCUT2D eigenvalue weighted by Gasteiger charge is -2.37. The van der Waals surface area contributed by atoms with Crippen LogP contribution in [0.5, 0.6) is 5.75 Å². The van der Waals surface area contributed by atoms with Gasteiger partial charge in [0.25, 0.3) is 5.91 Å². The first-order valence-electron chi connectivity index (χ1n) is 7.16. The molecule has 2 unspecified atom stereocenters. The van der Waals surface area contributed by atoms with E-state index in [4.69, 9.17) is 20.9 Å². The monoisotopic (exact) mass is 308 g/mol. The number of carbonyl (C=O) groups is 1. The van der Waals surface area contributed by atoms with Gasteiger partial charge in [-0.05, 0) is 30.4 Å². The number of carbonyl (C=O) groups excluding carboxylic acids is 1. The average molecular weight is 308 g/mol. The normalized spacial score (nSPS) is 28.7. The molecule has 2 aliphatic heterocycles. The smallest absolute Gasteiger partial charge is 0.252 e. The average Bonchev–Trinajstić information content (AvgIpc) is 2.88. The molecule has 2 fully saturated rings. The summed E-state index contributed by atoms with van der Waals surface area (Å²) in [4.78, 5) is 11.5. The molecule has 0 saturated carbocycles. The number of hydrogen-bond donors (Lipinski definition) is 2. The molecule has 6 heteroatoms. The van der Waals surface area contributed by atoms with E-state index >= 15 is 0 Å². The molecule has 114 valence electrons.